The molecular formula is C18H28IN3O2. The SMILES string of the molecule is CCc1ccccc1CNC(=NC)N1CCC(C(=O)OC)CC1.I. The minimum absolute atomic E-state index is 0. The van der Waals surface area contributed by atoms with Crippen LogP contribution in [0.2, 0.25) is 0 Å². The van der Waals surface area contributed by atoms with Gasteiger partial charge in [-0.1, -0.05) is 31.2 Å². The summed E-state index contributed by atoms with van der Waals surface area (Å²) >= 11 is 0. The number of benzene rings is 1. The molecule has 0 spiro atoms. The third-order valence-corrected chi connectivity index (χ3v) is 4.48. The fourth-order valence-corrected chi connectivity index (χ4v) is 3.08. The van der Waals surface area contributed by atoms with E-state index < -0.39 is 0 Å². The van der Waals surface area contributed by atoms with Crippen molar-refractivity contribution in [2.75, 3.05) is 27.2 Å². The average molecular weight is 445 g/mol. The Morgan fingerprint density at radius 2 is 1.92 bits per heavy atom. The van der Waals surface area contributed by atoms with Gasteiger partial charge in [-0.3, -0.25) is 9.79 Å². The maximum Gasteiger partial charge on any atom is 0.308 e. The summed E-state index contributed by atoms with van der Waals surface area (Å²) in [6.07, 6.45) is 2.67. The molecule has 1 fully saturated rings. The van der Waals surface area contributed by atoms with Gasteiger partial charge in [-0.05, 0) is 30.4 Å². The smallest absolute Gasteiger partial charge is 0.308 e. The minimum Gasteiger partial charge on any atom is -0.469 e. The van der Waals surface area contributed by atoms with E-state index in [1.165, 1.54) is 18.2 Å². The molecule has 1 aromatic carbocycles. The third kappa shape index (κ3) is 5.36. The Morgan fingerprint density at radius 1 is 1.29 bits per heavy atom. The van der Waals surface area contributed by atoms with Gasteiger partial charge < -0.3 is 15.0 Å². The highest BCUT2D eigenvalue weighted by Gasteiger charge is 2.26. The number of methoxy groups -OCH3 is 1. The summed E-state index contributed by atoms with van der Waals surface area (Å²) in [6.45, 7) is 4.60. The number of carbonyl (C=O) groups excluding carboxylic acids is 1. The maximum atomic E-state index is 11.6. The van der Waals surface area contributed by atoms with E-state index in [1.54, 1.807) is 7.05 Å². The van der Waals surface area contributed by atoms with Crippen LogP contribution in [-0.4, -0.2) is 44.1 Å². The highest BCUT2D eigenvalue weighted by molar-refractivity contribution is 14.0. The van der Waals surface area contributed by atoms with Gasteiger partial charge in [0.2, 0.25) is 0 Å². The quantitative estimate of drug-likeness (QED) is 0.335. The number of likely N-dealkylation sites (tertiary alicyclic amines) is 1. The van der Waals surface area contributed by atoms with Gasteiger partial charge in [0.1, 0.15) is 0 Å². The van der Waals surface area contributed by atoms with Crippen LogP contribution in [0.3, 0.4) is 0 Å². The van der Waals surface area contributed by atoms with Crippen LogP contribution >= 0.6 is 24.0 Å². The first kappa shape index (κ1) is 20.7. The van der Waals surface area contributed by atoms with Gasteiger partial charge in [-0.25, -0.2) is 0 Å². The molecule has 1 aromatic rings. The van der Waals surface area contributed by atoms with Crippen molar-refractivity contribution < 1.29 is 9.53 Å². The van der Waals surface area contributed by atoms with Crippen LogP contribution in [0.15, 0.2) is 29.3 Å². The Hall–Kier alpha value is -1.31. The highest BCUT2D eigenvalue weighted by atomic mass is 127. The van der Waals surface area contributed by atoms with E-state index in [2.05, 4.69) is 46.4 Å². The van der Waals surface area contributed by atoms with Crippen molar-refractivity contribution in [3.8, 4) is 0 Å². The zero-order chi connectivity index (χ0) is 16.7. The topological polar surface area (TPSA) is 53.9 Å². The molecule has 1 heterocycles. The van der Waals surface area contributed by atoms with Crippen molar-refractivity contribution in [1.29, 1.82) is 0 Å². The van der Waals surface area contributed by atoms with Crippen LogP contribution in [0, 0.1) is 5.92 Å². The molecular weight excluding hydrogens is 417 g/mol. The summed E-state index contributed by atoms with van der Waals surface area (Å²) in [4.78, 5) is 18.2. The van der Waals surface area contributed by atoms with Gasteiger partial charge in [0, 0.05) is 26.7 Å². The zero-order valence-electron chi connectivity index (χ0n) is 14.7. The van der Waals surface area contributed by atoms with Crippen molar-refractivity contribution in [3.63, 3.8) is 0 Å². The van der Waals surface area contributed by atoms with Crippen LogP contribution in [0.25, 0.3) is 0 Å². The molecule has 0 saturated carbocycles. The lowest BCUT2D eigenvalue weighted by Gasteiger charge is -2.33. The number of halogens is 1. The van der Waals surface area contributed by atoms with Gasteiger partial charge in [0.05, 0.1) is 13.0 Å². The number of piperidine rings is 1. The molecule has 0 aromatic heterocycles. The van der Waals surface area contributed by atoms with E-state index in [0.29, 0.717) is 0 Å². The Bertz CT molecular complexity index is 555. The third-order valence-electron chi connectivity index (χ3n) is 4.48. The molecule has 0 aliphatic carbocycles. The standard InChI is InChI=1S/C18H27N3O2.HI/c1-4-14-7-5-6-8-16(14)13-20-18(19-2)21-11-9-15(10-12-21)17(22)23-3;/h5-8,15H,4,9-13H2,1-3H3,(H,19,20);1H. The average Bonchev–Trinajstić information content (AvgIpc) is 2.62. The number of rotatable bonds is 4. The van der Waals surface area contributed by atoms with E-state index in [4.69, 9.17) is 4.74 Å². The summed E-state index contributed by atoms with van der Waals surface area (Å²) in [5, 5.41) is 3.45. The summed E-state index contributed by atoms with van der Waals surface area (Å²) in [5.41, 5.74) is 2.67. The van der Waals surface area contributed by atoms with Crippen LogP contribution < -0.4 is 5.32 Å². The van der Waals surface area contributed by atoms with Crippen molar-refractivity contribution in [1.82, 2.24) is 10.2 Å². The second kappa shape index (κ2) is 10.5. The first-order valence-corrected chi connectivity index (χ1v) is 8.29. The molecule has 0 atom stereocenters. The second-order valence-electron chi connectivity index (χ2n) is 5.81. The molecule has 0 bridgehead atoms. The molecule has 24 heavy (non-hydrogen) atoms. The van der Waals surface area contributed by atoms with Gasteiger partial charge in [0.25, 0.3) is 0 Å². The van der Waals surface area contributed by atoms with Gasteiger partial charge in [-0.2, -0.15) is 0 Å². The van der Waals surface area contributed by atoms with Crippen molar-refractivity contribution in [2.24, 2.45) is 10.9 Å². The van der Waals surface area contributed by atoms with Crippen molar-refractivity contribution in [2.45, 2.75) is 32.7 Å². The van der Waals surface area contributed by atoms with Gasteiger partial charge in [0.15, 0.2) is 5.96 Å². The van der Waals surface area contributed by atoms with Crippen LogP contribution in [-0.2, 0) is 22.5 Å². The predicted octanol–water partition coefficient (Wildman–Crippen LogP) is 2.83. The van der Waals surface area contributed by atoms with Crippen LogP contribution in [0.1, 0.15) is 30.9 Å². The first-order chi connectivity index (χ1) is 11.2. The second-order valence-corrected chi connectivity index (χ2v) is 5.81. The van der Waals surface area contributed by atoms with Gasteiger partial charge >= 0.3 is 5.97 Å². The number of carbonyl (C=O) groups is 1. The number of ether oxygens (including phenoxy) is 1. The van der Waals surface area contributed by atoms with E-state index in [1.807, 2.05) is 0 Å². The van der Waals surface area contributed by atoms with Gasteiger partial charge in [-0.15, -0.1) is 24.0 Å². The van der Waals surface area contributed by atoms with Crippen LogP contribution in [0.4, 0.5) is 0 Å². The van der Waals surface area contributed by atoms with Crippen molar-refractivity contribution >= 4 is 35.9 Å². The molecule has 0 unspecified atom stereocenters. The number of nitrogens with zero attached hydrogens (tertiary/aromatic N) is 2. The summed E-state index contributed by atoms with van der Waals surface area (Å²) in [5.74, 6) is 0.832. The van der Waals surface area contributed by atoms with E-state index >= 15 is 0 Å². The molecule has 134 valence electrons. The van der Waals surface area contributed by atoms with E-state index in [9.17, 15) is 4.79 Å². The Kier molecular flexibility index (Phi) is 9.10. The largest absolute Gasteiger partial charge is 0.469 e. The lowest BCUT2D eigenvalue weighted by molar-refractivity contribution is -0.146. The minimum atomic E-state index is -0.0931. The lowest BCUT2D eigenvalue weighted by atomic mass is 9.97. The first-order valence-electron chi connectivity index (χ1n) is 8.29. The lowest BCUT2D eigenvalue weighted by Crippen LogP contribution is -2.46. The molecule has 1 saturated heterocycles. The Morgan fingerprint density at radius 3 is 2.46 bits per heavy atom. The number of aliphatic imine (C=N–C) groups is 1. The molecule has 0 radical (unpaired) electrons. The molecule has 1 aliphatic rings. The normalized spacial score (nSPS) is 15.6. The summed E-state index contributed by atoms with van der Waals surface area (Å²) in [6, 6.07) is 8.47. The Balaban J connectivity index is 0.00000288. The number of hydrogen-bond donors (Lipinski definition) is 1. The van der Waals surface area contributed by atoms with Crippen LogP contribution in [0.5, 0.6) is 0 Å². The van der Waals surface area contributed by atoms with E-state index in [0.717, 1.165) is 44.9 Å². The fourth-order valence-electron chi connectivity index (χ4n) is 3.08. The Labute approximate surface area is 161 Å². The molecule has 5 nitrogen and oxygen atoms in total. The number of esters is 1. The number of nitrogens with one attached hydrogen (secondary N) is 1. The molecule has 6 heteroatoms. The fraction of sp³-hybridized carbons (Fsp3) is 0.556. The highest BCUT2D eigenvalue weighted by Crippen LogP contribution is 2.18. The number of aryl methyl sites for hydroxylation is 1. The molecule has 1 aliphatic heterocycles. The number of hydrogen-bond acceptors (Lipinski definition) is 3. The monoisotopic (exact) mass is 445 g/mol. The molecule has 0 amide bonds. The molecule has 1 N–H and O–H groups in total. The molecule has 2 rings (SSSR count). The summed E-state index contributed by atoms with van der Waals surface area (Å²) < 4.78 is 4.84. The number of guanidine groups is 1. The summed E-state index contributed by atoms with van der Waals surface area (Å²) in [7, 11) is 3.26. The van der Waals surface area contributed by atoms with Crippen molar-refractivity contribution in [3.05, 3.63) is 35.4 Å². The maximum absolute atomic E-state index is 11.6. The van der Waals surface area contributed by atoms with E-state index in [-0.39, 0.29) is 35.9 Å². The zero-order valence-corrected chi connectivity index (χ0v) is 17.1. The predicted molar refractivity (Wildman–Crippen MR) is 108 cm³/mol.